The first-order valence-corrected chi connectivity index (χ1v) is 8.10. The van der Waals surface area contributed by atoms with Crippen LogP contribution in [0.3, 0.4) is 0 Å². The third-order valence-electron chi connectivity index (χ3n) is 3.76. The van der Waals surface area contributed by atoms with E-state index in [1.807, 2.05) is 6.92 Å². The molecule has 2 aromatic carbocycles. The molecule has 0 saturated carbocycles. The summed E-state index contributed by atoms with van der Waals surface area (Å²) in [6, 6.07) is 13.2. The summed E-state index contributed by atoms with van der Waals surface area (Å²) in [7, 11) is 0. The fourth-order valence-electron chi connectivity index (χ4n) is 2.49. The van der Waals surface area contributed by atoms with Crippen LogP contribution in [0.1, 0.15) is 11.1 Å². The number of hydrogen-bond acceptors (Lipinski definition) is 6. The highest BCUT2D eigenvalue weighted by atomic mass is 16.6. The van der Waals surface area contributed by atoms with E-state index < -0.39 is 4.92 Å². The Morgan fingerprint density at radius 1 is 1.15 bits per heavy atom. The van der Waals surface area contributed by atoms with Gasteiger partial charge in [0.1, 0.15) is 5.75 Å². The smallest absolute Gasteiger partial charge is 0.321 e. The first-order valence-electron chi connectivity index (χ1n) is 8.10. The second kappa shape index (κ2) is 8.05. The second-order valence-corrected chi connectivity index (χ2v) is 5.72. The number of nitro groups is 1. The van der Waals surface area contributed by atoms with Gasteiger partial charge in [0.2, 0.25) is 5.91 Å². The Labute approximate surface area is 155 Å². The standard InChI is InChI=1S/C19H16N4O4/c1-13-11-15(27-19-20-9-4-10-21-19)7-8-16(13)22-18(24)12-14-5-2-3-6-17(14)23(25)26/h2-11H,12H2,1H3,(H,22,24). The van der Waals surface area contributed by atoms with Gasteiger partial charge in [-0.05, 0) is 36.8 Å². The molecule has 0 unspecified atom stereocenters. The van der Waals surface area contributed by atoms with E-state index in [0.717, 1.165) is 5.56 Å². The lowest BCUT2D eigenvalue weighted by Crippen LogP contribution is -2.16. The van der Waals surface area contributed by atoms with E-state index in [4.69, 9.17) is 4.74 Å². The first-order chi connectivity index (χ1) is 13.0. The fraction of sp³-hybridized carbons (Fsp3) is 0.105. The zero-order valence-electron chi connectivity index (χ0n) is 14.5. The molecule has 136 valence electrons. The summed E-state index contributed by atoms with van der Waals surface area (Å²) < 4.78 is 5.55. The maximum atomic E-state index is 12.3. The summed E-state index contributed by atoms with van der Waals surface area (Å²) in [6.07, 6.45) is 3.06. The Kier molecular flexibility index (Phi) is 5.36. The van der Waals surface area contributed by atoms with Crippen molar-refractivity contribution >= 4 is 17.3 Å². The molecule has 0 aliphatic rings. The highest BCUT2D eigenvalue weighted by Gasteiger charge is 2.16. The van der Waals surface area contributed by atoms with E-state index in [-0.39, 0.29) is 24.0 Å². The number of carbonyl (C=O) groups is 1. The average Bonchev–Trinajstić information content (AvgIpc) is 2.65. The molecule has 8 nitrogen and oxygen atoms in total. The molecule has 0 radical (unpaired) electrons. The molecule has 0 bridgehead atoms. The molecule has 0 saturated heterocycles. The predicted molar refractivity (Wildman–Crippen MR) is 98.7 cm³/mol. The van der Waals surface area contributed by atoms with Gasteiger partial charge in [-0.2, -0.15) is 0 Å². The molecule has 3 rings (SSSR count). The average molecular weight is 364 g/mol. The molecule has 0 aliphatic heterocycles. The highest BCUT2D eigenvalue weighted by molar-refractivity contribution is 5.93. The Bertz CT molecular complexity index is 976. The molecule has 1 N–H and O–H groups in total. The van der Waals surface area contributed by atoms with Crippen molar-refractivity contribution in [2.75, 3.05) is 5.32 Å². The van der Waals surface area contributed by atoms with Gasteiger partial charge in [-0.25, -0.2) is 9.97 Å². The summed E-state index contributed by atoms with van der Waals surface area (Å²) in [5.74, 6) is 0.197. The summed E-state index contributed by atoms with van der Waals surface area (Å²) in [5, 5.41) is 13.8. The van der Waals surface area contributed by atoms with Gasteiger partial charge in [0.25, 0.3) is 5.69 Å². The van der Waals surface area contributed by atoms with E-state index in [1.54, 1.807) is 54.9 Å². The number of nitrogens with one attached hydrogen (secondary N) is 1. The topological polar surface area (TPSA) is 107 Å². The van der Waals surface area contributed by atoms with Crippen molar-refractivity contribution in [3.05, 3.63) is 82.2 Å². The van der Waals surface area contributed by atoms with Gasteiger partial charge in [0, 0.05) is 29.7 Å². The SMILES string of the molecule is Cc1cc(Oc2ncccn2)ccc1NC(=O)Cc1ccccc1[N+](=O)[O-]. The molecule has 1 heterocycles. The van der Waals surface area contributed by atoms with Crippen molar-refractivity contribution < 1.29 is 14.5 Å². The number of nitro benzene ring substituents is 1. The lowest BCUT2D eigenvalue weighted by molar-refractivity contribution is -0.385. The zero-order valence-corrected chi connectivity index (χ0v) is 14.5. The molecule has 1 aromatic heterocycles. The molecule has 1 amide bonds. The monoisotopic (exact) mass is 364 g/mol. The van der Waals surface area contributed by atoms with Crippen LogP contribution < -0.4 is 10.1 Å². The molecular formula is C19H16N4O4. The van der Waals surface area contributed by atoms with Crippen LogP contribution in [0, 0.1) is 17.0 Å². The molecule has 3 aromatic rings. The molecule has 8 heteroatoms. The fourth-order valence-corrected chi connectivity index (χ4v) is 2.49. The van der Waals surface area contributed by atoms with E-state index in [9.17, 15) is 14.9 Å². The van der Waals surface area contributed by atoms with Crippen LogP contribution in [0.25, 0.3) is 0 Å². The van der Waals surface area contributed by atoms with Gasteiger partial charge >= 0.3 is 6.01 Å². The van der Waals surface area contributed by atoms with Gasteiger partial charge < -0.3 is 10.1 Å². The van der Waals surface area contributed by atoms with Crippen molar-refractivity contribution in [1.82, 2.24) is 9.97 Å². The Balaban J connectivity index is 1.69. The van der Waals surface area contributed by atoms with Gasteiger partial charge in [0.05, 0.1) is 11.3 Å². The number of benzene rings is 2. The number of aryl methyl sites for hydroxylation is 1. The molecule has 0 aliphatic carbocycles. The summed E-state index contributed by atoms with van der Waals surface area (Å²) in [6.45, 7) is 1.82. The van der Waals surface area contributed by atoms with E-state index >= 15 is 0 Å². The molecule has 27 heavy (non-hydrogen) atoms. The van der Waals surface area contributed by atoms with Crippen LogP contribution in [0.5, 0.6) is 11.8 Å². The number of aromatic nitrogens is 2. The summed E-state index contributed by atoms with van der Waals surface area (Å²) in [4.78, 5) is 30.8. The number of rotatable bonds is 6. The number of para-hydroxylation sites is 1. The minimum absolute atomic E-state index is 0.0732. The maximum Gasteiger partial charge on any atom is 0.321 e. The minimum Gasteiger partial charge on any atom is -0.424 e. The first kappa shape index (κ1) is 18.0. The van der Waals surface area contributed by atoms with Gasteiger partial charge in [-0.1, -0.05) is 18.2 Å². The van der Waals surface area contributed by atoms with Crippen LogP contribution in [0.2, 0.25) is 0 Å². The number of hydrogen-bond donors (Lipinski definition) is 1. The Hall–Kier alpha value is -3.81. The third-order valence-corrected chi connectivity index (χ3v) is 3.76. The van der Waals surface area contributed by atoms with Crippen LogP contribution in [0.15, 0.2) is 60.9 Å². The second-order valence-electron chi connectivity index (χ2n) is 5.72. The summed E-state index contributed by atoms with van der Waals surface area (Å²) in [5.41, 5.74) is 1.66. The number of nitrogens with zero attached hydrogens (tertiary/aromatic N) is 3. The van der Waals surface area contributed by atoms with E-state index in [1.165, 1.54) is 6.07 Å². The molecular weight excluding hydrogens is 348 g/mol. The van der Waals surface area contributed by atoms with Crippen molar-refractivity contribution in [3.8, 4) is 11.8 Å². The minimum atomic E-state index is -0.494. The zero-order chi connectivity index (χ0) is 19.2. The van der Waals surface area contributed by atoms with Crippen LogP contribution >= 0.6 is 0 Å². The van der Waals surface area contributed by atoms with Crippen LogP contribution in [0.4, 0.5) is 11.4 Å². The predicted octanol–water partition coefficient (Wildman–Crippen LogP) is 3.67. The van der Waals surface area contributed by atoms with Gasteiger partial charge in [-0.15, -0.1) is 0 Å². The van der Waals surface area contributed by atoms with Gasteiger partial charge in [0.15, 0.2) is 0 Å². The van der Waals surface area contributed by atoms with E-state index in [2.05, 4.69) is 15.3 Å². The molecule has 0 spiro atoms. The Morgan fingerprint density at radius 3 is 2.59 bits per heavy atom. The summed E-state index contributed by atoms with van der Waals surface area (Å²) >= 11 is 0. The molecule has 0 fully saturated rings. The number of anilines is 1. The number of amides is 1. The number of ether oxygens (including phenoxy) is 1. The lowest BCUT2D eigenvalue weighted by atomic mass is 10.1. The van der Waals surface area contributed by atoms with Crippen molar-refractivity contribution in [2.45, 2.75) is 13.3 Å². The highest BCUT2D eigenvalue weighted by Crippen LogP contribution is 2.25. The normalized spacial score (nSPS) is 10.3. The van der Waals surface area contributed by atoms with E-state index in [0.29, 0.717) is 17.0 Å². The molecule has 0 atom stereocenters. The maximum absolute atomic E-state index is 12.3. The van der Waals surface area contributed by atoms with Crippen LogP contribution in [-0.2, 0) is 11.2 Å². The van der Waals surface area contributed by atoms with Crippen LogP contribution in [-0.4, -0.2) is 20.8 Å². The van der Waals surface area contributed by atoms with Gasteiger partial charge in [-0.3, -0.25) is 14.9 Å². The quantitative estimate of drug-likeness (QED) is 0.528. The lowest BCUT2D eigenvalue weighted by Gasteiger charge is -2.10. The number of carbonyl (C=O) groups excluding carboxylic acids is 1. The van der Waals surface area contributed by atoms with Crippen molar-refractivity contribution in [2.24, 2.45) is 0 Å². The van der Waals surface area contributed by atoms with Crippen molar-refractivity contribution in [3.63, 3.8) is 0 Å². The Morgan fingerprint density at radius 2 is 1.89 bits per heavy atom. The van der Waals surface area contributed by atoms with Crippen molar-refractivity contribution in [1.29, 1.82) is 0 Å². The largest absolute Gasteiger partial charge is 0.424 e. The third kappa shape index (κ3) is 4.63.